The number of nitriles is 2. The van der Waals surface area contributed by atoms with Crippen LogP contribution in [0.25, 0.3) is 0 Å². The van der Waals surface area contributed by atoms with E-state index in [-0.39, 0.29) is 18.1 Å². The highest BCUT2D eigenvalue weighted by Crippen LogP contribution is 2.32. The third kappa shape index (κ3) is 4.44. The number of aryl methyl sites for hydroxylation is 3. The van der Waals surface area contributed by atoms with Gasteiger partial charge in [-0.3, -0.25) is 4.79 Å². The van der Waals surface area contributed by atoms with Gasteiger partial charge >= 0.3 is 0 Å². The molecule has 29 heavy (non-hydrogen) atoms. The van der Waals surface area contributed by atoms with Crippen molar-refractivity contribution in [3.63, 3.8) is 0 Å². The number of anilines is 1. The molecule has 1 aliphatic rings. The summed E-state index contributed by atoms with van der Waals surface area (Å²) in [6.45, 7) is 6.36. The molecule has 5 nitrogen and oxygen atoms in total. The molecule has 0 radical (unpaired) electrons. The molecule has 1 aliphatic carbocycles. The van der Waals surface area contributed by atoms with E-state index < -0.39 is 0 Å². The first-order valence-corrected chi connectivity index (χ1v) is 10.7. The molecular formula is C23H24N4OS. The minimum atomic E-state index is -0.0858. The van der Waals surface area contributed by atoms with Gasteiger partial charge in [-0.2, -0.15) is 10.5 Å². The fraction of sp³-hybridized carbons (Fsp3) is 0.391. The van der Waals surface area contributed by atoms with Crippen molar-refractivity contribution in [2.75, 3.05) is 17.2 Å². The van der Waals surface area contributed by atoms with Crippen LogP contribution in [0.4, 0.5) is 5.69 Å². The van der Waals surface area contributed by atoms with Crippen LogP contribution in [0.5, 0.6) is 0 Å². The molecule has 0 saturated carbocycles. The third-order valence-electron chi connectivity index (χ3n) is 5.46. The van der Waals surface area contributed by atoms with Gasteiger partial charge in [0.15, 0.2) is 0 Å². The van der Waals surface area contributed by atoms with Gasteiger partial charge in [-0.05, 0) is 74.4 Å². The van der Waals surface area contributed by atoms with E-state index in [0.29, 0.717) is 17.1 Å². The Morgan fingerprint density at radius 1 is 1.21 bits per heavy atom. The Bertz CT molecular complexity index is 1030. The number of amides is 1. The monoisotopic (exact) mass is 404 g/mol. The molecule has 0 unspecified atom stereocenters. The van der Waals surface area contributed by atoms with Gasteiger partial charge in [0.25, 0.3) is 0 Å². The van der Waals surface area contributed by atoms with E-state index in [2.05, 4.69) is 12.1 Å². The first kappa shape index (κ1) is 20.9. The highest BCUT2D eigenvalue weighted by Gasteiger charge is 2.23. The van der Waals surface area contributed by atoms with E-state index in [1.807, 2.05) is 39.0 Å². The fourth-order valence-corrected chi connectivity index (χ4v) is 4.58. The molecular weight excluding hydrogens is 380 g/mol. The second-order valence-electron chi connectivity index (χ2n) is 7.32. The standard InChI is InChI=1S/C23H24N4OS/c1-15-8-9-18(12-16(15)2)27(11-5-10-24)22(28)14-29-23-20(13-25)17(3)19-6-4-7-21(19)26-23/h8-9,12H,4-7,11,14H2,1-3H3. The molecule has 3 rings (SSSR count). The Kier molecular flexibility index (Phi) is 6.56. The van der Waals surface area contributed by atoms with Crippen LogP contribution in [0, 0.1) is 43.4 Å². The van der Waals surface area contributed by atoms with Crippen LogP contribution >= 0.6 is 11.8 Å². The van der Waals surface area contributed by atoms with E-state index in [4.69, 9.17) is 10.2 Å². The summed E-state index contributed by atoms with van der Waals surface area (Å²) in [7, 11) is 0. The second-order valence-corrected chi connectivity index (χ2v) is 8.28. The molecule has 1 heterocycles. The van der Waals surface area contributed by atoms with Crippen molar-refractivity contribution < 1.29 is 4.79 Å². The molecule has 1 amide bonds. The Hall–Kier alpha value is -2.83. The number of fused-ring (bicyclic) bond motifs is 1. The number of aromatic nitrogens is 1. The minimum Gasteiger partial charge on any atom is -0.311 e. The average Bonchev–Trinajstić information content (AvgIpc) is 3.18. The van der Waals surface area contributed by atoms with Crippen molar-refractivity contribution in [1.29, 1.82) is 10.5 Å². The number of nitrogens with zero attached hydrogens (tertiary/aromatic N) is 4. The molecule has 0 bridgehead atoms. The number of hydrogen-bond donors (Lipinski definition) is 0. The maximum atomic E-state index is 13.0. The minimum absolute atomic E-state index is 0.0858. The normalized spacial score (nSPS) is 12.2. The van der Waals surface area contributed by atoms with E-state index in [0.717, 1.165) is 47.3 Å². The molecule has 0 N–H and O–H groups in total. The first-order chi connectivity index (χ1) is 14.0. The van der Waals surface area contributed by atoms with E-state index in [9.17, 15) is 10.1 Å². The van der Waals surface area contributed by atoms with Gasteiger partial charge in [0.05, 0.1) is 23.8 Å². The van der Waals surface area contributed by atoms with Crippen LogP contribution in [-0.4, -0.2) is 23.2 Å². The topological polar surface area (TPSA) is 80.8 Å². The number of carbonyl (C=O) groups is 1. The summed E-state index contributed by atoms with van der Waals surface area (Å²) in [4.78, 5) is 19.4. The smallest absolute Gasteiger partial charge is 0.237 e. The zero-order chi connectivity index (χ0) is 21.0. The van der Waals surface area contributed by atoms with Crippen LogP contribution in [0.3, 0.4) is 0 Å². The zero-order valence-corrected chi connectivity index (χ0v) is 17.9. The Labute approximate surface area is 176 Å². The molecule has 0 saturated heterocycles. The van der Waals surface area contributed by atoms with Gasteiger partial charge in [-0.1, -0.05) is 17.8 Å². The highest BCUT2D eigenvalue weighted by atomic mass is 32.2. The van der Waals surface area contributed by atoms with Gasteiger partial charge < -0.3 is 4.90 Å². The van der Waals surface area contributed by atoms with Crippen molar-refractivity contribution in [2.24, 2.45) is 0 Å². The van der Waals surface area contributed by atoms with Crippen LogP contribution in [0.2, 0.25) is 0 Å². The molecule has 2 aromatic rings. The van der Waals surface area contributed by atoms with Crippen molar-refractivity contribution >= 4 is 23.4 Å². The number of carbonyl (C=O) groups excluding carboxylic acids is 1. The summed E-state index contributed by atoms with van der Waals surface area (Å²) in [6, 6.07) is 10.3. The van der Waals surface area contributed by atoms with Crippen LogP contribution in [0.15, 0.2) is 23.2 Å². The maximum Gasteiger partial charge on any atom is 0.237 e. The quantitative estimate of drug-likeness (QED) is 0.666. The Morgan fingerprint density at radius 3 is 2.69 bits per heavy atom. The molecule has 148 valence electrons. The summed E-state index contributed by atoms with van der Waals surface area (Å²) in [6.07, 6.45) is 3.24. The summed E-state index contributed by atoms with van der Waals surface area (Å²) in [5.74, 6) is 0.0930. The predicted molar refractivity (Wildman–Crippen MR) is 115 cm³/mol. The van der Waals surface area contributed by atoms with E-state index in [1.54, 1.807) is 4.90 Å². The highest BCUT2D eigenvalue weighted by molar-refractivity contribution is 8.00. The summed E-state index contributed by atoms with van der Waals surface area (Å²) < 4.78 is 0. The van der Waals surface area contributed by atoms with Gasteiger partial charge in [0, 0.05) is 17.9 Å². The van der Waals surface area contributed by atoms with Crippen molar-refractivity contribution in [2.45, 2.75) is 51.5 Å². The number of thioether (sulfide) groups is 1. The van der Waals surface area contributed by atoms with Gasteiger partial charge in [-0.15, -0.1) is 0 Å². The summed E-state index contributed by atoms with van der Waals surface area (Å²) >= 11 is 1.32. The number of hydrogen-bond acceptors (Lipinski definition) is 5. The predicted octanol–water partition coefficient (Wildman–Crippen LogP) is 4.41. The largest absolute Gasteiger partial charge is 0.311 e. The summed E-state index contributed by atoms with van der Waals surface area (Å²) in [5, 5.41) is 19.3. The number of pyridine rings is 1. The van der Waals surface area contributed by atoms with Crippen molar-refractivity contribution in [3.05, 3.63) is 51.7 Å². The zero-order valence-electron chi connectivity index (χ0n) is 17.1. The van der Waals surface area contributed by atoms with E-state index >= 15 is 0 Å². The van der Waals surface area contributed by atoms with Gasteiger partial charge in [0.2, 0.25) is 5.91 Å². The molecule has 0 aliphatic heterocycles. The maximum absolute atomic E-state index is 13.0. The Balaban J connectivity index is 1.82. The second kappa shape index (κ2) is 9.11. The van der Waals surface area contributed by atoms with Gasteiger partial charge in [-0.25, -0.2) is 4.98 Å². The molecule has 0 fully saturated rings. The summed E-state index contributed by atoms with van der Waals surface area (Å²) in [5.41, 5.74) is 6.90. The lowest BCUT2D eigenvalue weighted by molar-refractivity contribution is -0.116. The lowest BCUT2D eigenvalue weighted by Gasteiger charge is -2.23. The van der Waals surface area contributed by atoms with E-state index in [1.165, 1.54) is 17.3 Å². The molecule has 1 aromatic carbocycles. The molecule has 0 atom stereocenters. The lowest BCUT2D eigenvalue weighted by Crippen LogP contribution is -2.33. The van der Waals surface area contributed by atoms with Crippen LogP contribution < -0.4 is 4.90 Å². The number of rotatable bonds is 6. The van der Waals surface area contributed by atoms with Crippen molar-refractivity contribution in [3.8, 4) is 12.1 Å². The lowest BCUT2D eigenvalue weighted by atomic mass is 10.0. The van der Waals surface area contributed by atoms with Crippen LogP contribution in [0.1, 0.15) is 46.4 Å². The number of benzene rings is 1. The SMILES string of the molecule is Cc1ccc(N(CCC#N)C(=O)CSc2nc3c(c(C)c2C#N)CCC3)cc1C. The molecule has 1 aromatic heterocycles. The van der Waals surface area contributed by atoms with Crippen molar-refractivity contribution in [1.82, 2.24) is 4.98 Å². The fourth-order valence-electron chi connectivity index (χ4n) is 3.64. The van der Waals surface area contributed by atoms with Crippen LogP contribution in [-0.2, 0) is 17.6 Å². The molecule has 6 heteroatoms. The average molecular weight is 405 g/mol. The third-order valence-corrected chi connectivity index (χ3v) is 6.42. The van der Waals surface area contributed by atoms with Gasteiger partial charge in [0.1, 0.15) is 11.1 Å². The molecule has 0 spiro atoms. The Morgan fingerprint density at radius 2 is 2.00 bits per heavy atom. The first-order valence-electron chi connectivity index (χ1n) is 9.76.